The van der Waals surface area contributed by atoms with Crippen molar-refractivity contribution in [3.63, 3.8) is 0 Å². The first-order valence-electron chi connectivity index (χ1n) is 7.21. The second-order valence-electron chi connectivity index (χ2n) is 5.41. The molecule has 0 bridgehead atoms. The van der Waals surface area contributed by atoms with Crippen LogP contribution in [0, 0.1) is 0 Å². The number of thiophene rings is 1. The fourth-order valence-corrected chi connectivity index (χ4v) is 3.74. The third-order valence-electron chi connectivity index (χ3n) is 4.08. The monoisotopic (exact) mass is 295 g/mol. The van der Waals surface area contributed by atoms with Crippen LogP contribution in [0.25, 0.3) is 0 Å². The van der Waals surface area contributed by atoms with Crippen molar-refractivity contribution >= 4 is 11.3 Å². The lowest BCUT2D eigenvalue weighted by molar-refractivity contribution is 0.129. The van der Waals surface area contributed by atoms with Gasteiger partial charge in [0.05, 0.1) is 12.6 Å². The van der Waals surface area contributed by atoms with Crippen LogP contribution in [0.3, 0.4) is 0 Å². The summed E-state index contributed by atoms with van der Waals surface area (Å²) in [4.78, 5) is 8.43. The van der Waals surface area contributed by atoms with Gasteiger partial charge in [-0.15, -0.1) is 11.3 Å². The van der Waals surface area contributed by atoms with Gasteiger partial charge in [0.2, 0.25) is 0 Å². The lowest BCUT2D eigenvalue weighted by Crippen LogP contribution is -2.36. The Balaban J connectivity index is 1.67. The van der Waals surface area contributed by atoms with Crippen molar-refractivity contribution in [1.82, 2.24) is 14.5 Å². The van der Waals surface area contributed by atoms with Gasteiger partial charge in [-0.3, -0.25) is 4.90 Å². The number of fused-ring (bicyclic) bond motifs is 1. The molecule has 0 spiro atoms. The minimum Gasteiger partial charge on any atom is -0.332 e. The molecule has 2 aromatic heterocycles. The van der Waals surface area contributed by atoms with Crippen LogP contribution in [-0.2, 0) is 19.6 Å². The van der Waals surface area contributed by atoms with E-state index in [0.29, 0.717) is 6.04 Å². The highest BCUT2D eigenvalue weighted by molar-refractivity contribution is 7.09. The Morgan fingerprint density at radius 1 is 1.14 bits per heavy atom. The van der Waals surface area contributed by atoms with E-state index in [1.807, 2.05) is 17.5 Å². The maximum absolute atomic E-state index is 4.49. The van der Waals surface area contributed by atoms with Crippen LogP contribution in [0.4, 0.5) is 0 Å². The predicted molar refractivity (Wildman–Crippen MR) is 85.0 cm³/mol. The number of benzene rings is 1. The average molecular weight is 295 g/mol. The van der Waals surface area contributed by atoms with Gasteiger partial charge in [-0.2, -0.15) is 0 Å². The molecule has 21 heavy (non-hydrogen) atoms. The number of hydrogen-bond donors (Lipinski definition) is 0. The quantitative estimate of drug-likeness (QED) is 0.734. The number of hydrogen-bond acceptors (Lipinski definition) is 3. The van der Waals surface area contributed by atoms with Crippen LogP contribution >= 0.6 is 11.3 Å². The van der Waals surface area contributed by atoms with E-state index in [1.54, 1.807) is 0 Å². The molecule has 0 fully saturated rings. The first-order valence-corrected chi connectivity index (χ1v) is 8.09. The molecule has 1 aromatic carbocycles. The Bertz CT molecular complexity index is 703. The molecule has 1 aliphatic rings. The SMILES string of the molecule is c1ccc(C2Cn3ccnc3CN2Cc2cccs2)cc1. The Morgan fingerprint density at radius 3 is 2.86 bits per heavy atom. The molecular weight excluding hydrogens is 278 g/mol. The van der Waals surface area contributed by atoms with Gasteiger partial charge in [0, 0.05) is 30.4 Å². The third kappa shape index (κ3) is 2.52. The molecule has 0 saturated heterocycles. The maximum atomic E-state index is 4.49. The molecule has 106 valence electrons. The van der Waals surface area contributed by atoms with E-state index < -0.39 is 0 Å². The largest absolute Gasteiger partial charge is 0.332 e. The summed E-state index contributed by atoms with van der Waals surface area (Å²) in [5.74, 6) is 1.17. The summed E-state index contributed by atoms with van der Waals surface area (Å²) < 4.78 is 2.28. The zero-order valence-corrected chi connectivity index (χ0v) is 12.5. The van der Waals surface area contributed by atoms with E-state index in [9.17, 15) is 0 Å². The van der Waals surface area contributed by atoms with Gasteiger partial charge in [0.15, 0.2) is 0 Å². The standard InChI is InChI=1S/C17H17N3S/c1-2-5-14(6-3-1)16-12-19-9-8-18-17(19)13-20(16)11-15-7-4-10-21-15/h1-10,16H,11-13H2. The molecule has 1 unspecified atom stereocenters. The van der Waals surface area contributed by atoms with E-state index in [1.165, 1.54) is 16.3 Å². The smallest absolute Gasteiger partial charge is 0.122 e. The van der Waals surface area contributed by atoms with E-state index >= 15 is 0 Å². The highest BCUT2D eigenvalue weighted by Crippen LogP contribution is 2.31. The van der Waals surface area contributed by atoms with E-state index in [0.717, 1.165) is 19.6 Å². The van der Waals surface area contributed by atoms with Crippen molar-refractivity contribution in [3.8, 4) is 0 Å². The average Bonchev–Trinajstić information content (AvgIpc) is 3.18. The second kappa shape index (κ2) is 5.47. The maximum Gasteiger partial charge on any atom is 0.122 e. The summed E-state index contributed by atoms with van der Waals surface area (Å²) in [6.45, 7) is 2.87. The summed E-state index contributed by atoms with van der Waals surface area (Å²) in [5, 5.41) is 2.15. The molecule has 3 nitrogen and oxygen atoms in total. The molecular formula is C17H17N3S. The molecule has 1 atom stereocenters. The summed E-state index contributed by atoms with van der Waals surface area (Å²) in [5.41, 5.74) is 1.38. The zero-order chi connectivity index (χ0) is 14.1. The summed E-state index contributed by atoms with van der Waals surface area (Å²) in [6.07, 6.45) is 4.00. The number of nitrogens with zero attached hydrogens (tertiary/aromatic N) is 3. The van der Waals surface area contributed by atoms with Gasteiger partial charge < -0.3 is 4.57 Å². The molecule has 0 amide bonds. The minimum atomic E-state index is 0.412. The van der Waals surface area contributed by atoms with Crippen LogP contribution < -0.4 is 0 Å². The van der Waals surface area contributed by atoms with Crippen molar-refractivity contribution < 1.29 is 0 Å². The Labute approximate surface area is 128 Å². The van der Waals surface area contributed by atoms with Crippen LogP contribution in [0.1, 0.15) is 22.3 Å². The van der Waals surface area contributed by atoms with Crippen molar-refractivity contribution in [3.05, 3.63) is 76.5 Å². The Kier molecular flexibility index (Phi) is 3.33. The van der Waals surface area contributed by atoms with Gasteiger partial charge in [0.25, 0.3) is 0 Å². The number of imidazole rings is 1. The van der Waals surface area contributed by atoms with Crippen molar-refractivity contribution in [2.45, 2.75) is 25.7 Å². The molecule has 0 saturated carbocycles. The molecule has 0 N–H and O–H groups in total. The first kappa shape index (κ1) is 12.8. The fraction of sp³-hybridized carbons (Fsp3) is 0.235. The zero-order valence-electron chi connectivity index (χ0n) is 11.7. The second-order valence-corrected chi connectivity index (χ2v) is 6.44. The van der Waals surface area contributed by atoms with Gasteiger partial charge in [-0.1, -0.05) is 36.4 Å². The van der Waals surface area contributed by atoms with E-state index in [2.05, 4.69) is 68.5 Å². The van der Waals surface area contributed by atoms with Crippen LogP contribution in [0.15, 0.2) is 60.2 Å². The predicted octanol–water partition coefficient (Wildman–Crippen LogP) is 3.70. The lowest BCUT2D eigenvalue weighted by atomic mass is 10.0. The van der Waals surface area contributed by atoms with Gasteiger partial charge >= 0.3 is 0 Å². The lowest BCUT2D eigenvalue weighted by Gasteiger charge is -2.36. The van der Waals surface area contributed by atoms with Crippen molar-refractivity contribution in [1.29, 1.82) is 0 Å². The van der Waals surface area contributed by atoms with Gasteiger partial charge in [-0.05, 0) is 17.0 Å². The van der Waals surface area contributed by atoms with Crippen LogP contribution in [0.2, 0.25) is 0 Å². The Hall–Kier alpha value is -1.91. The van der Waals surface area contributed by atoms with E-state index in [-0.39, 0.29) is 0 Å². The van der Waals surface area contributed by atoms with Gasteiger partial charge in [0.1, 0.15) is 5.82 Å². The highest BCUT2D eigenvalue weighted by atomic mass is 32.1. The van der Waals surface area contributed by atoms with Gasteiger partial charge in [-0.25, -0.2) is 4.98 Å². The normalized spacial score (nSPS) is 18.6. The van der Waals surface area contributed by atoms with Crippen LogP contribution in [0.5, 0.6) is 0 Å². The van der Waals surface area contributed by atoms with Crippen molar-refractivity contribution in [2.24, 2.45) is 0 Å². The number of aromatic nitrogens is 2. The van der Waals surface area contributed by atoms with Crippen molar-refractivity contribution in [2.75, 3.05) is 0 Å². The molecule has 3 aromatic rings. The number of rotatable bonds is 3. The van der Waals surface area contributed by atoms with Crippen LogP contribution in [-0.4, -0.2) is 14.5 Å². The summed E-state index contributed by atoms with van der Waals surface area (Å²) in [6, 6.07) is 15.6. The summed E-state index contributed by atoms with van der Waals surface area (Å²) in [7, 11) is 0. The Morgan fingerprint density at radius 2 is 2.05 bits per heavy atom. The molecule has 0 radical (unpaired) electrons. The minimum absolute atomic E-state index is 0.412. The molecule has 4 rings (SSSR count). The molecule has 4 heteroatoms. The third-order valence-corrected chi connectivity index (χ3v) is 4.94. The molecule has 1 aliphatic heterocycles. The first-order chi connectivity index (χ1) is 10.4. The fourth-order valence-electron chi connectivity index (χ4n) is 3.01. The van der Waals surface area contributed by atoms with E-state index in [4.69, 9.17) is 0 Å². The topological polar surface area (TPSA) is 21.1 Å². The summed E-state index contributed by atoms with van der Waals surface area (Å²) >= 11 is 1.83. The molecule has 3 heterocycles. The molecule has 0 aliphatic carbocycles. The highest BCUT2D eigenvalue weighted by Gasteiger charge is 2.27.